The van der Waals surface area contributed by atoms with Gasteiger partial charge in [-0.3, -0.25) is 14.5 Å². The summed E-state index contributed by atoms with van der Waals surface area (Å²) < 4.78 is 5.15. The highest BCUT2D eigenvalue weighted by Gasteiger charge is 2.33. The number of benzene rings is 1. The van der Waals surface area contributed by atoms with Gasteiger partial charge in [0.2, 0.25) is 11.8 Å². The van der Waals surface area contributed by atoms with Crippen LogP contribution in [0, 0.1) is 0 Å². The van der Waals surface area contributed by atoms with Crippen molar-refractivity contribution < 1.29 is 14.3 Å². The molecule has 1 aromatic rings. The van der Waals surface area contributed by atoms with E-state index in [9.17, 15) is 9.59 Å². The van der Waals surface area contributed by atoms with E-state index in [1.54, 1.807) is 16.9 Å². The molecular formula is C18H25N3O3. The highest BCUT2D eigenvalue weighted by Crippen LogP contribution is 2.22. The maximum absolute atomic E-state index is 12.7. The maximum atomic E-state index is 12.7. The number of amides is 2. The number of anilines is 1. The number of nitrogens with zero attached hydrogens (tertiary/aromatic N) is 3. The predicted octanol–water partition coefficient (Wildman–Crippen LogP) is 1.35. The minimum Gasteiger partial charge on any atom is -0.497 e. The van der Waals surface area contributed by atoms with Crippen LogP contribution in [0.2, 0.25) is 0 Å². The first-order chi connectivity index (χ1) is 11.6. The Hall–Kier alpha value is -2.08. The summed E-state index contributed by atoms with van der Waals surface area (Å²) in [5, 5.41) is 0. The summed E-state index contributed by atoms with van der Waals surface area (Å²) in [5.41, 5.74) is 0.848. The first-order valence-corrected chi connectivity index (χ1v) is 8.57. The number of likely N-dealkylation sites (tertiary alicyclic amines) is 1. The SMILES string of the molecule is COc1ccc(N2CCN(C(=O)[C@H](C)N3CCCC3)CC2=O)cc1. The first-order valence-electron chi connectivity index (χ1n) is 8.57. The maximum Gasteiger partial charge on any atom is 0.246 e. The van der Waals surface area contributed by atoms with Gasteiger partial charge in [0.15, 0.2) is 0 Å². The van der Waals surface area contributed by atoms with E-state index in [0.717, 1.165) is 37.4 Å². The van der Waals surface area contributed by atoms with Crippen molar-refractivity contribution in [1.29, 1.82) is 0 Å². The van der Waals surface area contributed by atoms with E-state index in [1.807, 2.05) is 31.2 Å². The van der Waals surface area contributed by atoms with Crippen LogP contribution in [0.3, 0.4) is 0 Å². The number of rotatable bonds is 4. The lowest BCUT2D eigenvalue weighted by Gasteiger charge is -2.37. The molecule has 0 saturated carbocycles. The van der Waals surface area contributed by atoms with Gasteiger partial charge in [0.05, 0.1) is 13.2 Å². The monoisotopic (exact) mass is 331 g/mol. The second kappa shape index (κ2) is 7.21. The Morgan fingerprint density at radius 2 is 1.75 bits per heavy atom. The third kappa shape index (κ3) is 3.38. The minimum absolute atomic E-state index is 0.0339. The number of hydrogen-bond donors (Lipinski definition) is 0. The molecule has 2 aliphatic rings. The van der Waals surface area contributed by atoms with Gasteiger partial charge in [0.1, 0.15) is 12.3 Å². The molecule has 3 rings (SSSR count). The van der Waals surface area contributed by atoms with Crippen molar-refractivity contribution in [3.05, 3.63) is 24.3 Å². The molecule has 0 aliphatic carbocycles. The minimum atomic E-state index is -0.132. The van der Waals surface area contributed by atoms with E-state index in [4.69, 9.17) is 4.74 Å². The average molecular weight is 331 g/mol. The molecule has 0 N–H and O–H groups in total. The first kappa shape index (κ1) is 16.8. The molecule has 0 spiro atoms. The summed E-state index contributed by atoms with van der Waals surface area (Å²) in [6.45, 7) is 5.18. The van der Waals surface area contributed by atoms with E-state index in [2.05, 4.69) is 4.90 Å². The van der Waals surface area contributed by atoms with E-state index in [0.29, 0.717) is 13.1 Å². The van der Waals surface area contributed by atoms with Crippen LogP contribution in [0.1, 0.15) is 19.8 Å². The molecule has 1 aromatic carbocycles. The molecular weight excluding hydrogens is 306 g/mol. The molecule has 24 heavy (non-hydrogen) atoms. The van der Waals surface area contributed by atoms with Crippen LogP contribution in [0.25, 0.3) is 0 Å². The van der Waals surface area contributed by atoms with Crippen LogP contribution in [0.5, 0.6) is 5.75 Å². The highest BCUT2D eigenvalue weighted by molar-refractivity contribution is 5.98. The molecule has 130 valence electrons. The lowest BCUT2D eigenvalue weighted by molar-refractivity contribution is -0.140. The second-order valence-corrected chi connectivity index (χ2v) is 6.42. The lowest BCUT2D eigenvalue weighted by Crippen LogP contribution is -2.56. The van der Waals surface area contributed by atoms with Crippen LogP contribution < -0.4 is 9.64 Å². The van der Waals surface area contributed by atoms with Crippen molar-refractivity contribution in [1.82, 2.24) is 9.80 Å². The Kier molecular flexibility index (Phi) is 5.04. The van der Waals surface area contributed by atoms with E-state index in [-0.39, 0.29) is 24.4 Å². The third-order valence-corrected chi connectivity index (χ3v) is 4.96. The summed E-state index contributed by atoms with van der Waals surface area (Å²) >= 11 is 0. The van der Waals surface area contributed by atoms with Crippen molar-refractivity contribution in [2.75, 3.05) is 44.7 Å². The van der Waals surface area contributed by atoms with Gasteiger partial charge in [-0.25, -0.2) is 0 Å². The van der Waals surface area contributed by atoms with Crippen molar-refractivity contribution >= 4 is 17.5 Å². The fourth-order valence-electron chi connectivity index (χ4n) is 3.45. The number of hydrogen-bond acceptors (Lipinski definition) is 4. The van der Waals surface area contributed by atoms with E-state index >= 15 is 0 Å². The highest BCUT2D eigenvalue weighted by atomic mass is 16.5. The zero-order valence-corrected chi connectivity index (χ0v) is 14.4. The zero-order valence-electron chi connectivity index (χ0n) is 14.4. The van der Waals surface area contributed by atoms with Crippen molar-refractivity contribution in [3.63, 3.8) is 0 Å². The summed E-state index contributed by atoms with van der Waals surface area (Å²) in [7, 11) is 1.62. The molecule has 2 heterocycles. The number of carbonyl (C=O) groups excluding carboxylic acids is 2. The van der Waals surface area contributed by atoms with Crippen LogP contribution in [-0.4, -0.2) is 67.5 Å². The van der Waals surface area contributed by atoms with Gasteiger partial charge in [0, 0.05) is 18.8 Å². The van der Waals surface area contributed by atoms with Gasteiger partial charge >= 0.3 is 0 Å². The number of ether oxygens (including phenoxy) is 1. The summed E-state index contributed by atoms with van der Waals surface area (Å²) in [6, 6.07) is 7.31. The summed E-state index contributed by atoms with van der Waals surface area (Å²) in [6.07, 6.45) is 2.31. The largest absolute Gasteiger partial charge is 0.497 e. The van der Waals surface area contributed by atoms with Gasteiger partial charge in [-0.15, -0.1) is 0 Å². The fourth-order valence-corrected chi connectivity index (χ4v) is 3.45. The molecule has 6 heteroatoms. The van der Waals surface area contributed by atoms with Crippen LogP contribution >= 0.6 is 0 Å². The molecule has 2 fully saturated rings. The lowest BCUT2D eigenvalue weighted by atomic mass is 10.2. The van der Waals surface area contributed by atoms with Crippen molar-refractivity contribution in [2.45, 2.75) is 25.8 Å². The quantitative estimate of drug-likeness (QED) is 0.836. The zero-order chi connectivity index (χ0) is 17.1. The van der Waals surface area contributed by atoms with Gasteiger partial charge in [-0.1, -0.05) is 0 Å². The van der Waals surface area contributed by atoms with Crippen LogP contribution in [-0.2, 0) is 9.59 Å². The summed E-state index contributed by atoms with van der Waals surface area (Å²) in [4.78, 5) is 30.8. The van der Waals surface area contributed by atoms with Crippen LogP contribution in [0.4, 0.5) is 5.69 Å². The standard InChI is InChI=1S/C18H25N3O3/c1-14(19-9-3-4-10-19)18(23)20-11-12-21(17(22)13-20)15-5-7-16(24-2)8-6-15/h5-8,14H,3-4,9-13H2,1-2H3/t14-/m0/s1. The molecule has 0 radical (unpaired) electrons. The Balaban J connectivity index is 1.61. The number of methoxy groups -OCH3 is 1. The molecule has 0 aromatic heterocycles. The molecule has 2 amide bonds. The number of carbonyl (C=O) groups is 2. The van der Waals surface area contributed by atoms with Gasteiger partial charge in [0.25, 0.3) is 0 Å². The Labute approximate surface area is 143 Å². The molecule has 0 unspecified atom stereocenters. The molecule has 1 atom stereocenters. The van der Waals surface area contributed by atoms with Crippen molar-refractivity contribution in [3.8, 4) is 5.75 Å². The van der Waals surface area contributed by atoms with Crippen LogP contribution in [0.15, 0.2) is 24.3 Å². The van der Waals surface area contributed by atoms with Gasteiger partial charge < -0.3 is 14.5 Å². The molecule has 0 bridgehead atoms. The molecule has 2 saturated heterocycles. The molecule has 6 nitrogen and oxygen atoms in total. The van der Waals surface area contributed by atoms with E-state index in [1.165, 1.54) is 0 Å². The summed E-state index contributed by atoms with van der Waals surface area (Å²) in [5.74, 6) is 0.799. The van der Waals surface area contributed by atoms with Gasteiger partial charge in [-0.05, 0) is 57.1 Å². The average Bonchev–Trinajstić information content (AvgIpc) is 3.15. The second-order valence-electron chi connectivity index (χ2n) is 6.42. The van der Waals surface area contributed by atoms with E-state index < -0.39 is 0 Å². The smallest absolute Gasteiger partial charge is 0.246 e. The van der Waals surface area contributed by atoms with Gasteiger partial charge in [-0.2, -0.15) is 0 Å². The number of piperazine rings is 1. The Bertz CT molecular complexity index is 596. The Morgan fingerprint density at radius 3 is 2.33 bits per heavy atom. The normalized spacial score (nSPS) is 20.3. The fraction of sp³-hybridized carbons (Fsp3) is 0.556. The topological polar surface area (TPSA) is 53.1 Å². The Morgan fingerprint density at radius 1 is 1.08 bits per heavy atom. The van der Waals surface area contributed by atoms with Crippen molar-refractivity contribution in [2.24, 2.45) is 0 Å². The third-order valence-electron chi connectivity index (χ3n) is 4.96. The predicted molar refractivity (Wildman–Crippen MR) is 92.2 cm³/mol. The molecule has 2 aliphatic heterocycles.